The molecule has 4 rings (SSSR count). The predicted molar refractivity (Wildman–Crippen MR) is 232 cm³/mol. The van der Waals surface area contributed by atoms with Crippen LogP contribution in [0.2, 0.25) is 51.4 Å². The summed E-state index contributed by atoms with van der Waals surface area (Å²) in [4.78, 5) is 8.64. The molecule has 0 unspecified atom stereocenters. The summed E-state index contributed by atoms with van der Waals surface area (Å²) in [7, 11) is -4.16. The summed E-state index contributed by atoms with van der Waals surface area (Å²) in [6, 6.07) is 13.8. The molecule has 0 aromatic carbocycles. The summed E-state index contributed by atoms with van der Waals surface area (Å²) >= 11 is 0. The molecule has 2 N–H and O–H groups in total. The molecule has 0 aliphatic heterocycles. The average molecular weight is 793 g/mol. The maximum atomic E-state index is 9.45. The molecule has 4 aromatic rings. The van der Waals surface area contributed by atoms with E-state index in [9.17, 15) is 10.0 Å². The number of rotatable bonds is 18. The van der Waals surface area contributed by atoms with Gasteiger partial charge in [0, 0.05) is 77.0 Å². The monoisotopic (exact) mass is 793 g/mol. The Hall–Kier alpha value is -1.74. The molecule has 4 aromatic heterocycles. The maximum absolute atomic E-state index is 9.45. The van der Waals surface area contributed by atoms with E-state index < -0.39 is 30.6 Å². The van der Waals surface area contributed by atoms with Crippen molar-refractivity contribution in [1.82, 2.24) is 19.1 Å². The van der Waals surface area contributed by atoms with E-state index in [4.69, 9.17) is 23.4 Å². The third-order valence-corrected chi connectivity index (χ3v) is 10.8. The number of pyridine rings is 2. The third kappa shape index (κ3) is 23.9. The summed E-state index contributed by atoms with van der Waals surface area (Å²) in [6.07, 6.45) is 8.16. The molecule has 0 spiro atoms. The zero-order valence-electron chi connectivity index (χ0n) is 36.7. The number of unbranched alkanes of at least 4 members (excludes halogenated alkanes) is 1. The molecule has 0 saturated carbocycles. The second-order valence-corrected chi connectivity index (χ2v) is 27.6. The molecule has 304 valence electrons. The largest absolute Gasteiger partial charge is 1.00 e. The molecule has 4 heterocycles. The van der Waals surface area contributed by atoms with Gasteiger partial charge < -0.3 is 49.5 Å². The molecule has 0 aliphatic carbocycles. The van der Waals surface area contributed by atoms with Crippen molar-refractivity contribution in [2.24, 2.45) is 0 Å². The van der Waals surface area contributed by atoms with Crippen LogP contribution < -0.4 is 24.5 Å². The Morgan fingerprint density at radius 3 is 1.62 bits per heavy atom. The molecular formula is C39H71B2LiN4O7Si2. The van der Waals surface area contributed by atoms with Crippen LogP contribution in [0.4, 0.5) is 0 Å². The number of nitrogens with zero attached hydrogens (tertiary/aromatic N) is 4. The summed E-state index contributed by atoms with van der Waals surface area (Å²) in [5.74, 6) is 0. The number of ether oxygens (including phenoxy) is 2. The van der Waals surface area contributed by atoms with Crippen LogP contribution in [0.25, 0.3) is 22.1 Å². The van der Waals surface area contributed by atoms with Gasteiger partial charge in [-0.2, -0.15) is 6.42 Å². The first-order valence-corrected chi connectivity index (χ1v) is 26.8. The molecule has 0 atom stereocenters. The topological polar surface area (TPSA) is 122 Å². The van der Waals surface area contributed by atoms with Gasteiger partial charge in [-0.3, -0.25) is 0 Å². The van der Waals surface area contributed by atoms with Crippen molar-refractivity contribution in [2.45, 2.75) is 144 Å². The van der Waals surface area contributed by atoms with Crippen LogP contribution in [-0.4, -0.2) is 91.3 Å². The molecule has 0 amide bonds. The second-order valence-electron chi connectivity index (χ2n) is 16.4. The van der Waals surface area contributed by atoms with E-state index in [2.05, 4.69) is 79.8 Å². The average Bonchev–Trinajstić information content (AvgIpc) is 3.66. The van der Waals surface area contributed by atoms with Gasteiger partial charge in [0.25, 0.3) is 0 Å². The normalized spacial score (nSPS) is 11.5. The molecule has 0 saturated heterocycles. The summed E-state index contributed by atoms with van der Waals surface area (Å²) in [5.41, 5.74) is 2.12. The van der Waals surface area contributed by atoms with Crippen LogP contribution in [-0.2, 0) is 36.9 Å². The van der Waals surface area contributed by atoms with E-state index in [-0.39, 0.29) is 43.9 Å². The first kappa shape index (κ1) is 53.3. The SMILES string of the molecule is CC(C)OB(OC(C)C)OC(C)C.C[Si](C)(C)CCOCn1c(B(O)O)cc2cccnc21.C[Si](C)(C)CCOCn1ccc2cccnc21.[CH2-]CCC.[Li+]. The van der Waals surface area contributed by atoms with Gasteiger partial charge in [-0.1, -0.05) is 52.6 Å². The van der Waals surface area contributed by atoms with Crippen molar-refractivity contribution in [3.05, 3.63) is 61.9 Å². The minimum absolute atomic E-state index is 0. The number of aromatic nitrogens is 4. The van der Waals surface area contributed by atoms with Crippen molar-refractivity contribution in [3.63, 3.8) is 0 Å². The van der Waals surface area contributed by atoms with Gasteiger partial charge in [0.1, 0.15) is 24.8 Å². The summed E-state index contributed by atoms with van der Waals surface area (Å²) < 4.78 is 31.5. The molecule has 0 bridgehead atoms. The summed E-state index contributed by atoms with van der Waals surface area (Å²) in [6.45, 7) is 33.9. The first-order valence-electron chi connectivity index (χ1n) is 19.4. The minimum atomic E-state index is -1.52. The zero-order valence-corrected chi connectivity index (χ0v) is 38.7. The van der Waals surface area contributed by atoms with Crippen molar-refractivity contribution in [1.29, 1.82) is 0 Å². The molecule has 11 nitrogen and oxygen atoms in total. The first-order chi connectivity index (χ1) is 25.3. The van der Waals surface area contributed by atoms with Crippen LogP contribution >= 0.6 is 0 Å². The van der Waals surface area contributed by atoms with Crippen LogP contribution in [0.3, 0.4) is 0 Å². The van der Waals surface area contributed by atoms with E-state index in [1.807, 2.05) is 72.1 Å². The Balaban J connectivity index is 0.000000766. The van der Waals surface area contributed by atoms with E-state index in [1.54, 1.807) is 16.8 Å². The maximum Gasteiger partial charge on any atom is 1.00 e. The van der Waals surface area contributed by atoms with Gasteiger partial charge in [-0.05, 0) is 90.0 Å². The fraction of sp³-hybridized carbons (Fsp3) is 0.615. The third-order valence-electron chi connectivity index (χ3n) is 7.42. The fourth-order valence-electron chi connectivity index (χ4n) is 4.42. The van der Waals surface area contributed by atoms with Crippen LogP contribution in [0.1, 0.15) is 61.3 Å². The Kier molecular flexibility index (Phi) is 26.9. The molecule has 0 radical (unpaired) electrons. The Bertz CT molecular complexity index is 1540. The van der Waals surface area contributed by atoms with Gasteiger partial charge in [0.05, 0.1) is 5.59 Å². The molecular weight excluding hydrogens is 721 g/mol. The van der Waals surface area contributed by atoms with Crippen molar-refractivity contribution in [2.75, 3.05) is 13.2 Å². The zero-order chi connectivity index (χ0) is 40.9. The van der Waals surface area contributed by atoms with Crippen molar-refractivity contribution >= 4 is 58.2 Å². The van der Waals surface area contributed by atoms with Gasteiger partial charge in [-0.15, -0.1) is 0 Å². The summed E-state index contributed by atoms with van der Waals surface area (Å²) in [5, 5.41) is 20.9. The van der Waals surface area contributed by atoms with E-state index in [0.29, 0.717) is 24.6 Å². The standard InChI is InChI=1S/C13H21BN2O3Si.C13H20N2OSi.C9H21BO3.C4H9.Li/c1-20(2,3)8-7-19-10-16-12(14(17)18)9-11-5-4-6-15-13(11)16;1-17(2,3)10-9-16-11-15-8-6-12-5-4-7-14-13(12)15;1-7(2)11-10(12-8(3)4)13-9(5)6;1-3-4-2;/h4-6,9,17-18H,7-8,10H2,1-3H3;4-8H,9-11H2,1-3H3;7-9H,1-6H3;1,3-4H2,2H3;/q;;;-1;+1. The Morgan fingerprint density at radius 1 is 0.727 bits per heavy atom. The minimum Gasteiger partial charge on any atom is -0.422 e. The molecule has 0 fully saturated rings. The second kappa shape index (κ2) is 27.8. The molecule has 55 heavy (non-hydrogen) atoms. The van der Waals surface area contributed by atoms with Crippen LogP contribution in [0, 0.1) is 6.92 Å². The van der Waals surface area contributed by atoms with Gasteiger partial charge in [0.2, 0.25) is 0 Å². The predicted octanol–water partition coefficient (Wildman–Crippen LogP) is 5.25. The van der Waals surface area contributed by atoms with Crippen LogP contribution in [0.15, 0.2) is 55.0 Å². The van der Waals surface area contributed by atoms with E-state index >= 15 is 0 Å². The van der Waals surface area contributed by atoms with Crippen molar-refractivity contribution < 1.29 is 52.3 Å². The number of hydrogen-bond donors (Lipinski definition) is 2. The van der Waals surface area contributed by atoms with Gasteiger partial charge >= 0.3 is 33.3 Å². The molecule has 0 aliphatic rings. The number of hydrogen-bond acceptors (Lipinski definition) is 9. The Morgan fingerprint density at radius 2 is 1.18 bits per heavy atom. The van der Waals surface area contributed by atoms with E-state index in [1.165, 1.54) is 17.9 Å². The van der Waals surface area contributed by atoms with Crippen molar-refractivity contribution in [3.8, 4) is 0 Å². The van der Waals surface area contributed by atoms with E-state index in [0.717, 1.165) is 30.1 Å². The smallest absolute Gasteiger partial charge is 0.422 e. The molecule has 16 heteroatoms. The van der Waals surface area contributed by atoms with Gasteiger partial charge in [-0.25, -0.2) is 9.97 Å². The van der Waals surface area contributed by atoms with Gasteiger partial charge in [0.15, 0.2) is 0 Å². The Labute approximate surface area is 347 Å². The fourth-order valence-corrected chi connectivity index (χ4v) is 5.93. The number of fused-ring (bicyclic) bond motifs is 2. The van der Waals surface area contributed by atoms with Crippen LogP contribution in [0.5, 0.6) is 0 Å². The quantitative estimate of drug-likeness (QED) is 0.0792.